The number of benzene rings is 1. The molecule has 1 N–H and O–H groups in total. The van der Waals surface area contributed by atoms with Gasteiger partial charge < -0.3 is 14.8 Å². The number of methoxy groups -OCH3 is 1. The first-order valence-corrected chi connectivity index (χ1v) is 13.4. The van der Waals surface area contributed by atoms with Gasteiger partial charge in [0.15, 0.2) is 0 Å². The second-order valence-electron chi connectivity index (χ2n) is 9.27. The first kappa shape index (κ1) is 26.4. The number of ketones is 1. The Balaban J connectivity index is 1.34. The number of nitriles is 1. The average molecular weight is 521 g/mol. The molecule has 2 aromatic heterocycles. The normalized spacial score (nSPS) is 15.4. The van der Waals surface area contributed by atoms with Gasteiger partial charge in [-0.1, -0.05) is 19.1 Å². The summed E-state index contributed by atoms with van der Waals surface area (Å²) in [6.07, 6.45) is 3.49. The van der Waals surface area contributed by atoms with Gasteiger partial charge in [0.2, 0.25) is 0 Å². The number of nitrogens with one attached hydrogen (secondary N) is 1. The number of ether oxygens (including phenoxy) is 2. The Labute approximate surface area is 221 Å². The lowest BCUT2D eigenvalue weighted by molar-refractivity contribution is -0.118. The number of alkyl carbamates (subject to hydrolysis) is 1. The van der Waals surface area contributed by atoms with Crippen molar-refractivity contribution in [2.75, 3.05) is 7.11 Å². The Morgan fingerprint density at radius 2 is 2.19 bits per heavy atom. The molecule has 0 saturated carbocycles. The number of hydrogen-bond acceptors (Lipinski definition) is 7. The summed E-state index contributed by atoms with van der Waals surface area (Å²) in [6, 6.07) is 12.0. The quantitative estimate of drug-likeness (QED) is 0.406. The van der Waals surface area contributed by atoms with Crippen molar-refractivity contribution in [3.05, 3.63) is 68.7 Å². The molecule has 0 radical (unpaired) electrons. The van der Waals surface area contributed by atoms with E-state index in [0.717, 1.165) is 38.9 Å². The lowest BCUT2D eigenvalue weighted by Crippen LogP contribution is -2.32. The Hall–Kier alpha value is -3.64. The molecule has 1 aromatic carbocycles. The maximum Gasteiger partial charge on any atom is 0.407 e. The van der Waals surface area contributed by atoms with Gasteiger partial charge in [0.25, 0.3) is 0 Å². The van der Waals surface area contributed by atoms with Crippen LogP contribution in [0.4, 0.5) is 4.79 Å². The van der Waals surface area contributed by atoms with E-state index in [4.69, 9.17) is 9.47 Å². The molecular weight excluding hydrogens is 488 g/mol. The molecule has 0 fully saturated rings. The van der Waals surface area contributed by atoms with Gasteiger partial charge in [-0.2, -0.15) is 10.4 Å². The highest BCUT2D eigenvalue weighted by Crippen LogP contribution is 2.36. The molecule has 2 atom stereocenters. The van der Waals surface area contributed by atoms with Crippen LogP contribution in [0, 0.1) is 11.3 Å². The van der Waals surface area contributed by atoms with E-state index >= 15 is 0 Å². The second kappa shape index (κ2) is 12.1. The Morgan fingerprint density at radius 3 is 2.95 bits per heavy atom. The Kier molecular flexibility index (Phi) is 8.62. The summed E-state index contributed by atoms with van der Waals surface area (Å²) in [6.45, 7) is 5.10. The fourth-order valence-corrected chi connectivity index (χ4v) is 6.17. The molecule has 1 aliphatic carbocycles. The van der Waals surface area contributed by atoms with E-state index in [2.05, 4.69) is 16.5 Å². The lowest BCUT2D eigenvalue weighted by atomic mass is 9.91. The predicted octanol–water partition coefficient (Wildman–Crippen LogP) is 4.93. The van der Waals surface area contributed by atoms with Gasteiger partial charge in [0.05, 0.1) is 24.9 Å². The molecule has 0 saturated heterocycles. The van der Waals surface area contributed by atoms with Gasteiger partial charge in [-0.05, 0) is 55.0 Å². The van der Waals surface area contributed by atoms with E-state index in [9.17, 15) is 14.9 Å². The summed E-state index contributed by atoms with van der Waals surface area (Å²) in [4.78, 5) is 27.2. The van der Waals surface area contributed by atoms with Crippen LogP contribution in [0.2, 0.25) is 0 Å². The number of carbonyl (C=O) groups excluding carboxylic acids is 2. The zero-order chi connectivity index (χ0) is 26.4. The molecule has 37 heavy (non-hydrogen) atoms. The second-order valence-corrected chi connectivity index (χ2v) is 10.5. The number of hydrogen-bond donors (Lipinski definition) is 1. The molecule has 4 rings (SSSR count). The minimum absolute atomic E-state index is 0.0509. The van der Waals surface area contributed by atoms with Crippen molar-refractivity contribution in [3.8, 4) is 11.8 Å². The number of carbonyl (C=O) groups is 2. The van der Waals surface area contributed by atoms with Crippen molar-refractivity contribution in [3.63, 3.8) is 0 Å². The molecule has 2 unspecified atom stereocenters. The molecule has 0 aliphatic heterocycles. The van der Waals surface area contributed by atoms with Crippen LogP contribution in [0.3, 0.4) is 0 Å². The molecule has 0 spiro atoms. The first-order valence-electron chi connectivity index (χ1n) is 12.6. The molecule has 194 valence electrons. The zero-order valence-electron chi connectivity index (χ0n) is 21.5. The van der Waals surface area contributed by atoms with Gasteiger partial charge >= 0.3 is 6.09 Å². The SMILES string of the molecule is CCn1nccc1CNC(=O)OC1CCc2c(sc(CC(=O)CC(C)c3cccc(OC)c3)c2C#N)C1. The largest absolute Gasteiger partial charge is 0.497 e. The Bertz CT molecular complexity index is 1310. The fraction of sp³-hybridized carbons (Fsp3) is 0.429. The molecule has 0 bridgehead atoms. The van der Waals surface area contributed by atoms with Crippen LogP contribution in [0.5, 0.6) is 5.75 Å². The van der Waals surface area contributed by atoms with E-state index < -0.39 is 6.09 Å². The van der Waals surface area contributed by atoms with Gasteiger partial charge in [-0.15, -0.1) is 11.3 Å². The zero-order valence-corrected chi connectivity index (χ0v) is 22.3. The Morgan fingerprint density at radius 1 is 1.35 bits per heavy atom. The van der Waals surface area contributed by atoms with Crippen LogP contribution >= 0.6 is 11.3 Å². The lowest BCUT2D eigenvalue weighted by Gasteiger charge is -2.22. The predicted molar refractivity (Wildman–Crippen MR) is 141 cm³/mol. The molecule has 3 aromatic rings. The molecule has 1 aliphatic rings. The maximum atomic E-state index is 12.9. The minimum atomic E-state index is -0.462. The fourth-order valence-electron chi connectivity index (χ4n) is 4.78. The van der Waals surface area contributed by atoms with E-state index in [1.165, 1.54) is 11.3 Å². The topological polar surface area (TPSA) is 106 Å². The number of aryl methyl sites for hydroxylation is 1. The smallest absolute Gasteiger partial charge is 0.407 e. The molecular formula is C28H32N4O4S. The third kappa shape index (κ3) is 6.38. The summed E-state index contributed by atoms with van der Waals surface area (Å²) in [5.74, 6) is 0.923. The van der Waals surface area contributed by atoms with Gasteiger partial charge in [-0.3, -0.25) is 9.48 Å². The number of thiophene rings is 1. The molecule has 2 heterocycles. The standard InChI is InChI=1S/C28H32N4O4S/c1-4-32-20(10-11-31-32)17-30-28(34)36-23-8-9-24-25(16-29)26(37-27(24)15-23)14-21(33)12-18(2)19-6-5-7-22(13-19)35-3/h5-7,10-11,13,18,23H,4,8-9,12,14-15,17H2,1-3H3,(H,30,34). The highest BCUT2D eigenvalue weighted by Gasteiger charge is 2.28. The number of rotatable bonds is 10. The maximum absolute atomic E-state index is 12.9. The van der Waals surface area contributed by atoms with Gasteiger partial charge in [0, 0.05) is 41.8 Å². The third-order valence-electron chi connectivity index (χ3n) is 6.75. The van der Waals surface area contributed by atoms with E-state index in [1.54, 1.807) is 13.3 Å². The summed E-state index contributed by atoms with van der Waals surface area (Å²) in [5.41, 5.74) is 3.59. The summed E-state index contributed by atoms with van der Waals surface area (Å²) in [7, 11) is 1.63. The van der Waals surface area contributed by atoms with Crippen LogP contribution in [-0.4, -0.2) is 34.9 Å². The molecule has 1 amide bonds. The van der Waals surface area contributed by atoms with Crippen molar-refractivity contribution < 1.29 is 19.1 Å². The third-order valence-corrected chi connectivity index (χ3v) is 8.01. The molecule has 9 heteroatoms. The highest BCUT2D eigenvalue weighted by atomic mass is 32.1. The first-order chi connectivity index (χ1) is 17.9. The van der Waals surface area contributed by atoms with E-state index in [1.807, 2.05) is 48.9 Å². The average Bonchev–Trinajstić information content (AvgIpc) is 3.50. The summed E-state index contributed by atoms with van der Waals surface area (Å²) >= 11 is 1.50. The van der Waals surface area contributed by atoms with Crippen LogP contribution < -0.4 is 10.1 Å². The van der Waals surface area contributed by atoms with Crippen molar-refractivity contribution in [2.24, 2.45) is 0 Å². The van der Waals surface area contributed by atoms with Crippen LogP contribution in [0.15, 0.2) is 36.5 Å². The van der Waals surface area contributed by atoms with Gasteiger partial charge in [0.1, 0.15) is 23.7 Å². The van der Waals surface area contributed by atoms with Crippen LogP contribution in [-0.2, 0) is 41.9 Å². The number of aromatic nitrogens is 2. The van der Waals surface area contributed by atoms with Crippen molar-refractivity contribution >= 4 is 23.2 Å². The van der Waals surface area contributed by atoms with Crippen molar-refractivity contribution in [1.82, 2.24) is 15.1 Å². The van der Waals surface area contributed by atoms with Crippen LogP contribution in [0.1, 0.15) is 64.7 Å². The number of nitrogens with zero attached hydrogens (tertiary/aromatic N) is 3. The molecule has 8 nitrogen and oxygen atoms in total. The monoisotopic (exact) mass is 520 g/mol. The van der Waals surface area contributed by atoms with Crippen molar-refractivity contribution in [1.29, 1.82) is 5.26 Å². The summed E-state index contributed by atoms with van der Waals surface area (Å²) in [5, 5.41) is 16.8. The minimum Gasteiger partial charge on any atom is -0.497 e. The van der Waals surface area contributed by atoms with Crippen molar-refractivity contribution in [2.45, 2.75) is 71.1 Å². The van der Waals surface area contributed by atoms with Crippen LogP contribution in [0.25, 0.3) is 0 Å². The number of Topliss-reactive ketones (excluding diaryl/α,β-unsaturated/α-hetero) is 1. The van der Waals surface area contributed by atoms with E-state index in [-0.39, 0.29) is 24.2 Å². The van der Waals surface area contributed by atoms with E-state index in [0.29, 0.717) is 37.8 Å². The highest BCUT2D eigenvalue weighted by molar-refractivity contribution is 7.12. The summed E-state index contributed by atoms with van der Waals surface area (Å²) < 4.78 is 12.8. The van der Waals surface area contributed by atoms with Gasteiger partial charge in [-0.25, -0.2) is 4.79 Å². The number of amides is 1. The number of fused-ring (bicyclic) bond motifs is 1.